The zero-order valence-corrected chi connectivity index (χ0v) is 11.9. The standard InChI is InChI=1S/C13H16N4OS/c1-9(2)18-12-6-4-5-11(7-12)8-14-17-10(3)15-16-13(17)19/h4-9H,1-3H3,(H,16,19)/b14-8-. The molecule has 1 N–H and O–H groups in total. The number of nitrogens with one attached hydrogen (secondary N) is 1. The van der Waals surface area contributed by atoms with Crippen molar-refractivity contribution in [3.63, 3.8) is 0 Å². The van der Waals surface area contributed by atoms with Crippen LogP contribution in [0, 0.1) is 11.7 Å². The first-order valence-corrected chi connectivity index (χ1v) is 6.42. The van der Waals surface area contributed by atoms with E-state index in [1.54, 1.807) is 10.9 Å². The Morgan fingerprint density at radius 1 is 1.47 bits per heavy atom. The summed E-state index contributed by atoms with van der Waals surface area (Å²) in [6.07, 6.45) is 1.88. The van der Waals surface area contributed by atoms with Crippen LogP contribution in [0.3, 0.4) is 0 Å². The van der Waals surface area contributed by atoms with Gasteiger partial charge in [-0.3, -0.25) is 5.10 Å². The van der Waals surface area contributed by atoms with E-state index >= 15 is 0 Å². The summed E-state index contributed by atoms with van der Waals surface area (Å²) in [5, 5.41) is 11.0. The maximum absolute atomic E-state index is 5.63. The van der Waals surface area contributed by atoms with E-state index in [1.165, 1.54) is 0 Å². The molecule has 6 heteroatoms. The highest BCUT2D eigenvalue weighted by atomic mass is 32.1. The lowest BCUT2D eigenvalue weighted by Gasteiger charge is -2.09. The summed E-state index contributed by atoms with van der Waals surface area (Å²) >= 11 is 5.08. The van der Waals surface area contributed by atoms with Gasteiger partial charge in [0.2, 0.25) is 4.77 Å². The van der Waals surface area contributed by atoms with Gasteiger partial charge in [0.15, 0.2) is 0 Å². The van der Waals surface area contributed by atoms with Crippen molar-refractivity contribution in [2.75, 3.05) is 0 Å². The summed E-state index contributed by atoms with van der Waals surface area (Å²) in [4.78, 5) is 0. The highest BCUT2D eigenvalue weighted by molar-refractivity contribution is 7.71. The molecule has 0 atom stereocenters. The lowest BCUT2D eigenvalue weighted by atomic mass is 10.2. The van der Waals surface area contributed by atoms with Crippen molar-refractivity contribution >= 4 is 18.4 Å². The predicted molar refractivity (Wildman–Crippen MR) is 77.3 cm³/mol. The van der Waals surface area contributed by atoms with Crippen LogP contribution in [0.1, 0.15) is 25.2 Å². The number of rotatable bonds is 4. The zero-order valence-electron chi connectivity index (χ0n) is 11.1. The molecule has 2 rings (SSSR count). The van der Waals surface area contributed by atoms with Crippen LogP contribution in [0.2, 0.25) is 0 Å². The van der Waals surface area contributed by atoms with E-state index in [0.29, 0.717) is 4.77 Å². The second-order valence-electron chi connectivity index (χ2n) is 4.37. The largest absolute Gasteiger partial charge is 0.491 e. The highest BCUT2D eigenvalue weighted by Crippen LogP contribution is 2.13. The smallest absolute Gasteiger partial charge is 0.216 e. The quantitative estimate of drug-likeness (QED) is 0.690. The van der Waals surface area contributed by atoms with Crippen LogP contribution in [0.5, 0.6) is 5.75 Å². The Hall–Kier alpha value is -1.95. The number of aromatic amines is 1. The van der Waals surface area contributed by atoms with Crippen LogP contribution >= 0.6 is 12.2 Å². The molecule has 0 fully saturated rings. The SMILES string of the molecule is Cc1n[nH]c(=S)n1/N=C\c1cccc(OC(C)C)c1. The number of hydrogen-bond donors (Lipinski definition) is 1. The van der Waals surface area contributed by atoms with Gasteiger partial charge >= 0.3 is 0 Å². The van der Waals surface area contributed by atoms with Crippen molar-refractivity contribution in [3.8, 4) is 5.75 Å². The van der Waals surface area contributed by atoms with Gasteiger partial charge in [0.25, 0.3) is 0 Å². The molecule has 1 aromatic carbocycles. The Labute approximate surface area is 116 Å². The molecule has 0 bridgehead atoms. The van der Waals surface area contributed by atoms with Crippen LogP contribution in [0.25, 0.3) is 0 Å². The molecule has 19 heavy (non-hydrogen) atoms. The number of aromatic nitrogens is 3. The molecular formula is C13H16N4OS. The molecule has 0 unspecified atom stereocenters. The summed E-state index contributed by atoms with van der Waals surface area (Å²) in [5.41, 5.74) is 0.945. The Kier molecular flexibility index (Phi) is 4.11. The van der Waals surface area contributed by atoms with Crippen molar-refractivity contribution in [2.45, 2.75) is 26.9 Å². The molecule has 100 valence electrons. The van der Waals surface area contributed by atoms with E-state index in [-0.39, 0.29) is 6.10 Å². The van der Waals surface area contributed by atoms with E-state index < -0.39 is 0 Å². The van der Waals surface area contributed by atoms with E-state index in [2.05, 4.69) is 15.3 Å². The average Bonchev–Trinajstić information content (AvgIpc) is 2.66. The number of nitrogens with zero attached hydrogens (tertiary/aromatic N) is 3. The molecule has 0 amide bonds. The van der Waals surface area contributed by atoms with Gasteiger partial charge in [0.1, 0.15) is 11.6 Å². The lowest BCUT2D eigenvalue weighted by Crippen LogP contribution is -2.05. The number of benzene rings is 1. The highest BCUT2D eigenvalue weighted by Gasteiger charge is 1.99. The van der Waals surface area contributed by atoms with Crippen molar-refractivity contribution in [3.05, 3.63) is 40.4 Å². The predicted octanol–water partition coefficient (Wildman–Crippen LogP) is 2.92. The number of aryl methyl sites for hydroxylation is 1. The molecule has 0 saturated carbocycles. The third-order valence-corrected chi connectivity index (χ3v) is 2.63. The maximum atomic E-state index is 5.63. The van der Waals surface area contributed by atoms with Crippen molar-refractivity contribution in [1.29, 1.82) is 0 Å². The monoisotopic (exact) mass is 276 g/mol. The van der Waals surface area contributed by atoms with Crippen LogP contribution in [0.4, 0.5) is 0 Å². The Bertz CT molecular complexity index is 642. The first-order chi connectivity index (χ1) is 9.06. The fourth-order valence-electron chi connectivity index (χ4n) is 1.57. The van der Waals surface area contributed by atoms with Crippen LogP contribution in [-0.4, -0.2) is 27.2 Å². The molecule has 0 spiro atoms. The second-order valence-corrected chi connectivity index (χ2v) is 4.76. The summed E-state index contributed by atoms with van der Waals surface area (Å²) in [5.74, 6) is 1.54. The molecule has 0 aliphatic rings. The van der Waals surface area contributed by atoms with E-state index in [4.69, 9.17) is 17.0 Å². The van der Waals surface area contributed by atoms with Gasteiger partial charge in [-0.2, -0.15) is 14.9 Å². The first kappa shape index (κ1) is 13.5. The molecule has 2 aromatic rings. The summed E-state index contributed by atoms with van der Waals surface area (Å²) in [6, 6.07) is 7.74. The maximum Gasteiger partial charge on any atom is 0.216 e. The minimum Gasteiger partial charge on any atom is -0.491 e. The van der Waals surface area contributed by atoms with Gasteiger partial charge in [0.05, 0.1) is 12.3 Å². The summed E-state index contributed by atoms with van der Waals surface area (Å²) < 4.78 is 7.68. The Morgan fingerprint density at radius 2 is 2.26 bits per heavy atom. The zero-order chi connectivity index (χ0) is 13.8. The van der Waals surface area contributed by atoms with E-state index in [1.807, 2.05) is 45.0 Å². The number of hydrogen-bond acceptors (Lipinski definition) is 4. The number of H-pyrrole nitrogens is 1. The van der Waals surface area contributed by atoms with Crippen LogP contribution in [-0.2, 0) is 0 Å². The first-order valence-electron chi connectivity index (χ1n) is 6.01. The average molecular weight is 276 g/mol. The van der Waals surface area contributed by atoms with Crippen LogP contribution < -0.4 is 4.74 Å². The third-order valence-electron chi connectivity index (χ3n) is 2.36. The topological polar surface area (TPSA) is 55.2 Å². The molecule has 0 aliphatic carbocycles. The van der Waals surface area contributed by atoms with Gasteiger partial charge in [-0.25, -0.2) is 0 Å². The van der Waals surface area contributed by atoms with Crippen molar-refractivity contribution in [2.24, 2.45) is 5.10 Å². The van der Waals surface area contributed by atoms with Gasteiger partial charge in [-0.15, -0.1) is 0 Å². The lowest BCUT2D eigenvalue weighted by molar-refractivity contribution is 0.242. The van der Waals surface area contributed by atoms with Gasteiger partial charge in [0, 0.05) is 0 Å². The Balaban J connectivity index is 2.22. The van der Waals surface area contributed by atoms with Gasteiger partial charge in [-0.1, -0.05) is 12.1 Å². The molecule has 0 radical (unpaired) electrons. The van der Waals surface area contributed by atoms with Crippen LogP contribution in [0.15, 0.2) is 29.4 Å². The van der Waals surface area contributed by atoms with E-state index in [9.17, 15) is 0 Å². The molecular weight excluding hydrogens is 260 g/mol. The molecule has 0 saturated heterocycles. The molecule has 5 nitrogen and oxygen atoms in total. The fraction of sp³-hybridized carbons (Fsp3) is 0.308. The minimum atomic E-state index is 0.150. The van der Waals surface area contributed by atoms with E-state index in [0.717, 1.165) is 17.1 Å². The second kappa shape index (κ2) is 5.79. The summed E-state index contributed by atoms with van der Waals surface area (Å²) in [7, 11) is 0. The van der Waals surface area contributed by atoms with Crippen molar-refractivity contribution in [1.82, 2.24) is 14.9 Å². The third kappa shape index (κ3) is 3.51. The Morgan fingerprint density at radius 3 is 2.89 bits per heavy atom. The molecule has 1 heterocycles. The molecule has 0 aliphatic heterocycles. The minimum absolute atomic E-state index is 0.150. The van der Waals surface area contributed by atoms with Gasteiger partial charge < -0.3 is 4.74 Å². The fourth-order valence-corrected chi connectivity index (χ4v) is 1.80. The number of ether oxygens (including phenoxy) is 1. The normalized spacial score (nSPS) is 11.4. The van der Waals surface area contributed by atoms with Crippen molar-refractivity contribution < 1.29 is 4.74 Å². The summed E-state index contributed by atoms with van der Waals surface area (Å²) in [6.45, 7) is 5.83. The molecule has 1 aromatic heterocycles. The van der Waals surface area contributed by atoms with Gasteiger partial charge in [-0.05, 0) is 50.7 Å².